The van der Waals surface area contributed by atoms with Gasteiger partial charge in [-0.1, -0.05) is 88.1 Å². The molecule has 0 N–H and O–H groups in total. The lowest BCUT2D eigenvalue weighted by atomic mass is 9.92. The van der Waals surface area contributed by atoms with Gasteiger partial charge in [0.2, 0.25) is 0 Å². The molecule has 2 rings (SSSR count). The molecule has 0 aromatic heterocycles. The summed E-state index contributed by atoms with van der Waals surface area (Å²) in [5.74, 6) is 0. The highest BCUT2D eigenvalue weighted by molar-refractivity contribution is 5.36. The fourth-order valence-corrected chi connectivity index (χ4v) is 3.28. The molecule has 0 saturated heterocycles. The number of rotatable bonds is 10. The topological polar surface area (TPSA) is 0 Å². The second-order valence-electron chi connectivity index (χ2n) is 6.63. The van der Waals surface area contributed by atoms with Crippen LogP contribution in [0.5, 0.6) is 0 Å². The second kappa shape index (κ2) is 10.3. The summed E-state index contributed by atoms with van der Waals surface area (Å²) in [6.07, 6.45) is 11.4. The van der Waals surface area contributed by atoms with Crippen molar-refractivity contribution >= 4 is 0 Å². The van der Waals surface area contributed by atoms with E-state index in [0.717, 1.165) is 6.42 Å². The van der Waals surface area contributed by atoms with Gasteiger partial charge in [-0.25, -0.2) is 0 Å². The first-order valence-corrected chi connectivity index (χ1v) is 9.48. The van der Waals surface area contributed by atoms with E-state index in [1.54, 1.807) is 11.1 Å². The van der Waals surface area contributed by atoms with E-state index in [1.807, 2.05) is 0 Å². The summed E-state index contributed by atoms with van der Waals surface area (Å²) in [6, 6.07) is 18.1. The Kier molecular flexibility index (Phi) is 7.93. The van der Waals surface area contributed by atoms with Crippen molar-refractivity contribution in [1.82, 2.24) is 0 Å². The predicted molar refractivity (Wildman–Crippen MR) is 102 cm³/mol. The molecule has 124 valence electrons. The van der Waals surface area contributed by atoms with Gasteiger partial charge in [-0.15, -0.1) is 0 Å². The van der Waals surface area contributed by atoms with Gasteiger partial charge in [-0.05, 0) is 54.4 Å². The second-order valence-corrected chi connectivity index (χ2v) is 6.63. The molecular weight excluding hydrogens is 276 g/mol. The number of benzene rings is 2. The van der Waals surface area contributed by atoms with Gasteiger partial charge in [-0.3, -0.25) is 0 Å². The van der Waals surface area contributed by atoms with Crippen LogP contribution in [0.15, 0.2) is 48.5 Å². The average Bonchev–Trinajstić information content (AvgIpc) is 2.58. The molecule has 0 radical (unpaired) electrons. The summed E-state index contributed by atoms with van der Waals surface area (Å²) in [5.41, 5.74) is 6.13. The molecule has 0 aliphatic rings. The van der Waals surface area contributed by atoms with E-state index >= 15 is 0 Å². The van der Waals surface area contributed by atoms with Crippen LogP contribution in [0.1, 0.15) is 74.6 Å². The minimum atomic E-state index is 1.09. The van der Waals surface area contributed by atoms with E-state index in [0.29, 0.717) is 0 Å². The van der Waals surface area contributed by atoms with Crippen molar-refractivity contribution in [2.24, 2.45) is 0 Å². The van der Waals surface area contributed by atoms with Crippen molar-refractivity contribution in [2.45, 2.75) is 71.6 Å². The molecule has 0 amide bonds. The maximum Gasteiger partial charge on any atom is -0.00203 e. The quantitative estimate of drug-likeness (QED) is 0.426. The zero-order chi connectivity index (χ0) is 16.3. The van der Waals surface area contributed by atoms with Crippen LogP contribution in [0.2, 0.25) is 0 Å². The summed E-state index contributed by atoms with van der Waals surface area (Å²) in [4.78, 5) is 0. The summed E-state index contributed by atoms with van der Waals surface area (Å²) in [5, 5.41) is 0. The molecule has 23 heavy (non-hydrogen) atoms. The molecule has 0 aliphatic heterocycles. The third-order valence-corrected chi connectivity index (χ3v) is 4.72. The number of aryl methyl sites for hydroxylation is 2. The maximum absolute atomic E-state index is 2.32. The number of hydrogen-bond acceptors (Lipinski definition) is 0. The highest BCUT2D eigenvalue weighted by Crippen LogP contribution is 2.20. The molecule has 0 fully saturated rings. The van der Waals surface area contributed by atoms with Gasteiger partial charge < -0.3 is 0 Å². The van der Waals surface area contributed by atoms with Crippen LogP contribution in [0, 0.1) is 0 Å². The molecule has 0 aliphatic carbocycles. The first-order valence-electron chi connectivity index (χ1n) is 9.48. The normalized spacial score (nSPS) is 10.9. The van der Waals surface area contributed by atoms with E-state index in [1.165, 1.54) is 62.5 Å². The van der Waals surface area contributed by atoms with Crippen molar-refractivity contribution in [3.63, 3.8) is 0 Å². The van der Waals surface area contributed by atoms with Crippen LogP contribution in [0.3, 0.4) is 0 Å². The summed E-state index contributed by atoms with van der Waals surface area (Å²) < 4.78 is 0. The van der Waals surface area contributed by atoms with Crippen molar-refractivity contribution in [1.29, 1.82) is 0 Å². The standard InChI is InChI=1S/C23H32/c1-3-5-7-13-20-15-9-11-17-22(20)19-23-18-12-10-16-21(23)14-8-6-4-2/h9-12,15-18H,3-8,13-14,19H2,1-2H3. The summed E-state index contributed by atoms with van der Waals surface area (Å²) in [7, 11) is 0. The summed E-state index contributed by atoms with van der Waals surface area (Å²) >= 11 is 0. The Hall–Kier alpha value is -1.56. The molecule has 0 heteroatoms. The Morgan fingerprint density at radius 2 is 0.913 bits per heavy atom. The molecule has 0 heterocycles. The molecule has 2 aromatic carbocycles. The number of unbranched alkanes of at least 4 members (excludes halogenated alkanes) is 4. The van der Waals surface area contributed by atoms with Crippen LogP contribution in [-0.4, -0.2) is 0 Å². The maximum atomic E-state index is 2.32. The molecule has 2 aromatic rings. The molecule has 0 saturated carbocycles. The monoisotopic (exact) mass is 308 g/mol. The average molecular weight is 309 g/mol. The molecule has 0 nitrogen and oxygen atoms in total. The first-order chi connectivity index (χ1) is 11.3. The zero-order valence-corrected chi connectivity index (χ0v) is 15.0. The predicted octanol–water partition coefficient (Wildman–Crippen LogP) is 6.74. The third-order valence-electron chi connectivity index (χ3n) is 4.72. The lowest BCUT2D eigenvalue weighted by Gasteiger charge is -2.13. The van der Waals surface area contributed by atoms with Gasteiger partial charge in [0.05, 0.1) is 0 Å². The molecular formula is C23H32. The van der Waals surface area contributed by atoms with E-state index in [9.17, 15) is 0 Å². The van der Waals surface area contributed by atoms with Gasteiger partial charge in [0, 0.05) is 0 Å². The smallest absolute Gasteiger partial charge is 0.00203 e. The Labute approximate surface area is 143 Å². The summed E-state index contributed by atoms with van der Waals surface area (Å²) in [6.45, 7) is 4.55. The molecule has 0 atom stereocenters. The zero-order valence-electron chi connectivity index (χ0n) is 15.0. The van der Waals surface area contributed by atoms with Crippen molar-refractivity contribution < 1.29 is 0 Å². The van der Waals surface area contributed by atoms with E-state index in [-0.39, 0.29) is 0 Å². The molecule has 0 bridgehead atoms. The minimum Gasteiger partial charge on any atom is -0.0654 e. The van der Waals surface area contributed by atoms with Crippen LogP contribution >= 0.6 is 0 Å². The molecule has 0 unspecified atom stereocenters. The van der Waals surface area contributed by atoms with Gasteiger partial charge >= 0.3 is 0 Å². The van der Waals surface area contributed by atoms with Gasteiger partial charge in [-0.2, -0.15) is 0 Å². The van der Waals surface area contributed by atoms with Crippen molar-refractivity contribution in [3.05, 3.63) is 70.8 Å². The van der Waals surface area contributed by atoms with Crippen LogP contribution in [0.4, 0.5) is 0 Å². The van der Waals surface area contributed by atoms with Gasteiger partial charge in [0.25, 0.3) is 0 Å². The minimum absolute atomic E-state index is 1.09. The van der Waals surface area contributed by atoms with Crippen LogP contribution in [0.25, 0.3) is 0 Å². The fourth-order valence-electron chi connectivity index (χ4n) is 3.28. The van der Waals surface area contributed by atoms with Gasteiger partial charge in [0.1, 0.15) is 0 Å². The third kappa shape index (κ3) is 5.86. The first kappa shape index (κ1) is 17.8. The number of hydrogen-bond donors (Lipinski definition) is 0. The van der Waals surface area contributed by atoms with E-state index in [2.05, 4.69) is 62.4 Å². The highest BCUT2D eigenvalue weighted by atomic mass is 14.1. The Bertz CT molecular complexity index is 516. The Balaban J connectivity index is 2.09. The van der Waals surface area contributed by atoms with Crippen LogP contribution < -0.4 is 0 Å². The van der Waals surface area contributed by atoms with Crippen LogP contribution in [-0.2, 0) is 19.3 Å². The SMILES string of the molecule is CCCCCc1ccccc1Cc1ccccc1CCCCC. The largest absolute Gasteiger partial charge is 0.0654 e. The Morgan fingerprint density at radius 3 is 1.30 bits per heavy atom. The van der Waals surface area contributed by atoms with E-state index in [4.69, 9.17) is 0 Å². The fraction of sp³-hybridized carbons (Fsp3) is 0.478. The molecule has 0 spiro atoms. The lowest BCUT2D eigenvalue weighted by Crippen LogP contribution is -2.00. The van der Waals surface area contributed by atoms with Crippen molar-refractivity contribution in [2.75, 3.05) is 0 Å². The van der Waals surface area contributed by atoms with Gasteiger partial charge in [0.15, 0.2) is 0 Å². The van der Waals surface area contributed by atoms with Crippen molar-refractivity contribution in [3.8, 4) is 0 Å². The van der Waals surface area contributed by atoms with E-state index < -0.39 is 0 Å². The Morgan fingerprint density at radius 1 is 0.522 bits per heavy atom. The lowest BCUT2D eigenvalue weighted by molar-refractivity contribution is 0.710. The highest BCUT2D eigenvalue weighted by Gasteiger charge is 2.06.